The van der Waals surface area contributed by atoms with E-state index in [1.165, 1.54) is 11.1 Å². The van der Waals surface area contributed by atoms with Gasteiger partial charge in [0.25, 0.3) is 5.91 Å². The average Bonchev–Trinajstić information content (AvgIpc) is 2.99. The fourth-order valence-electron chi connectivity index (χ4n) is 2.39. The molecule has 0 fully saturated rings. The van der Waals surface area contributed by atoms with Crippen molar-refractivity contribution in [3.8, 4) is 0 Å². The lowest BCUT2D eigenvalue weighted by atomic mass is 10.2. The van der Waals surface area contributed by atoms with Crippen LogP contribution in [-0.4, -0.2) is 27.6 Å². The number of imidazole rings is 1. The van der Waals surface area contributed by atoms with Crippen LogP contribution in [0.25, 0.3) is 5.65 Å². The maximum atomic E-state index is 12.2. The van der Waals surface area contributed by atoms with E-state index in [4.69, 9.17) is 0 Å². The molecule has 124 valence electrons. The predicted octanol–water partition coefficient (Wildman–Crippen LogP) is 3.61. The summed E-state index contributed by atoms with van der Waals surface area (Å²) in [5.41, 5.74) is 4.98. The molecule has 4 nitrogen and oxygen atoms in total. The van der Waals surface area contributed by atoms with Gasteiger partial charge in [-0.2, -0.15) is 11.8 Å². The Hall–Kier alpha value is -2.27. The molecular weight excluding hydrogens is 318 g/mol. The normalized spacial score (nSPS) is 10.9. The number of hydrogen-bond acceptors (Lipinski definition) is 3. The molecule has 0 unspecified atom stereocenters. The zero-order chi connectivity index (χ0) is 16.9. The van der Waals surface area contributed by atoms with E-state index in [1.807, 2.05) is 41.4 Å². The van der Waals surface area contributed by atoms with Crippen molar-refractivity contribution in [2.45, 2.75) is 19.6 Å². The lowest BCUT2D eigenvalue weighted by Gasteiger charge is -2.04. The zero-order valence-corrected chi connectivity index (χ0v) is 14.8. The minimum absolute atomic E-state index is 0.118. The van der Waals surface area contributed by atoms with E-state index >= 15 is 0 Å². The van der Waals surface area contributed by atoms with E-state index in [0.717, 1.165) is 22.7 Å². The largest absolute Gasteiger partial charge is 0.350 e. The van der Waals surface area contributed by atoms with Crippen LogP contribution in [0.5, 0.6) is 0 Å². The van der Waals surface area contributed by atoms with Crippen LogP contribution in [0.4, 0.5) is 0 Å². The van der Waals surface area contributed by atoms with Crippen LogP contribution in [0, 0.1) is 13.8 Å². The van der Waals surface area contributed by atoms with Gasteiger partial charge in [0.15, 0.2) is 0 Å². The highest BCUT2D eigenvalue weighted by Crippen LogP contribution is 2.12. The van der Waals surface area contributed by atoms with Gasteiger partial charge in [-0.25, -0.2) is 4.98 Å². The second kappa shape index (κ2) is 7.53. The number of pyridine rings is 1. The van der Waals surface area contributed by atoms with Crippen LogP contribution in [0.1, 0.15) is 27.2 Å². The third-order valence-corrected chi connectivity index (χ3v) is 4.80. The number of aromatic nitrogens is 2. The Bertz CT molecular complexity index is 839. The summed E-state index contributed by atoms with van der Waals surface area (Å²) in [6, 6.07) is 12.5. The zero-order valence-electron chi connectivity index (χ0n) is 14.0. The number of nitrogens with one attached hydrogen (secondary N) is 1. The first-order chi connectivity index (χ1) is 11.6. The number of fused-ring (bicyclic) bond motifs is 1. The first kappa shape index (κ1) is 16.6. The van der Waals surface area contributed by atoms with Crippen molar-refractivity contribution in [1.82, 2.24) is 14.7 Å². The van der Waals surface area contributed by atoms with Crippen LogP contribution in [-0.2, 0) is 5.75 Å². The Morgan fingerprint density at radius 1 is 1.17 bits per heavy atom. The van der Waals surface area contributed by atoms with Crippen molar-refractivity contribution in [3.63, 3.8) is 0 Å². The number of hydrogen-bond donors (Lipinski definition) is 1. The molecular formula is C19H21N3OS. The van der Waals surface area contributed by atoms with Gasteiger partial charge in [-0.1, -0.05) is 29.8 Å². The molecule has 0 spiro atoms. The number of nitrogens with zero attached hydrogens (tertiary/aromatic N) is 2. The molecule has 0 radical (unpaired) electrons. The van der Waals surface area contributed by atoms with Crippen LogP contribution in [0.15, 0.2) is 48.8 Å². The van der Waals surface area contributed by atoms with E-state index in [0.29, 0.717) is 12.2 Å². The van der Waals surface area contributed by atoms with Crippen molar-refractivity contribution in [2.24, 2.45) is 0 Å². The minimum Gasteiger partial charge on any atom is -0.350 e. The van der Waals surface area contributed by atoms with Crippen LogP contribution in [0.2, 0.25) is 0 Å². The molecule has 0 saturated heterocycles. The van der Waals surface area contributed by atoms with Crippen molar-refractivity contribution in [2.75, 3.05) is 12.3 Å². The standard InChI is InChI=1S/C19H21N3OS/c1-14-3-5-16(6-4-14)13-24-10-8-20-19(23)17-12-22-9-7-15(2)11-18(22)21-17/h3-7,9,11-12H,8,10,13H2,1-2H3,(H,20,23). The summed E-state index contributed by atoms with van der Waals surface area (Å²) >= 11 is 1.82. The van der Waals surface area contributed by atoms with Crippen molar-refractivity contribution in [3.05, 3.63) is 71.2 Å². The first-order valence-electron chi connectivity index (χ1n) is 7.99. The second-order valence-electron chi connectivity index (χ2n) is 5.89. The number of carbonyl (C=O) groups is 1. The van der Waals surface area contributed by atoms with Gasteiger partial charge in [0.05, 0.1) is 0 Å². The van der Waals surface area contributed by atoms with Gasteiger partial charge >= 0.3 is 0 Å². The third kappa shape index (κ3) is 4.17. The molecule has 0 atom stereocenters. The molecule has 1 aromatic carbocycles. The first-order valence-corrected chi connectivity index (χ1v) is 9.14. The van der Waals surface area contributed by atoms with Gasteiger partial charge in [-0.3, -0.25) is 4.79 Å². The SMILES string of the molecule is Cc1ccc(CSCCNC(=O)c2cn3ccc(C)cc3n2)cc1. The number of carbonyl (C=O) groups excluding carboxylic acids is 1. The summed E-state index contributed by atoms with van der Waals surface area (Å²) in [6.07, 6.45) is 3.69. The van der Waals surface area contributed by atoms with E-state index in [9.17, 15) is 4.79 Å². The van der Waals surface area contributed by atoms with Crippen molar-refractivity contribution in [1.29, 1.82) is 0 Å². The fourth-order valence-corrected chi connectivity index (χ4v) is 3.21. The molecule has 0 aliphatic rings. The van der Waals surface area contributed by atoms with Gasteiger partial charge < -0.3 is 9.72 Å². The number of amides is 1. The Morgan fingerprint density at radius 2 is 1.96 bits per heavy atom. The summed E-state index contributed by atoms with van der Waals surface area (Å²) in [6.45, 7) is 4.75. The van der Waals surface area contributed by atoms with Crippen LogP contribution >= 0.6 is 11.8 Å². The summed E-state index contributed by atoms with van der Waals surface area (Å²) < 4.78 is 1.87. The smallest absolute Gasteiger partial charge is 0.271 e. The number of rotatable bonds is 6. The highest BCUT2D eigenvalue weighted by Gasteiger charge is 2.10. The highest BCUT2D eigenvalue weighted by molar-refractivity contribution is 7.98. The van der Waals surface area contributed by atoms with Crippen LogP contribution < -0.4 is 5.32 Å². The van der Waals surface area contributed by atoms with E-state index in [1.54, 1.807) is 6.20 Å². The summed E-state index contributed by atoms with van der Waals surface area (Å²) in [7, 11) is 0. The van der Waals surface area contributed by atoms with E-state index in [2.05, 4.69) is 41.5 Å². The molecule has 2 aromatic heterocycles. The third-order valence-electron chi connectivity index (χ3n) is 3.77. The number of benzene rings is 1. The minimum atomic E-state index is -0.118. The molecule has 1 amide bonds. The Balaban J connectivity index is 1.45. The van der Waals surface area contributed by atoms with Gasteiger partial charge in [0.2, 0.25) is 0 Å². The molecule has 3 aromatic rings. The van der Waals surface area contributed by atoms with Gasteiger partial charge in [0.1, 0.15) is 11.3 Å². The molecule has 0 aliphatic heterocycles. The topological polar surface area (TPSA) is 46.4 Å². The number of aryl methyl sites for hydroxylation is 2. The monoisotopic (exact) mass is 339 g/mol. The maximum Gasteiger partial charge on any atom is 0.271 e. The summed E-state index contributed by atoms with van der Waals surface area (Å²) in [5.74, 6) is 1.72. The van der Waals surface area contributed by atoms with Gasteiger partial charge in [-0.05, 0) is 37.1 Å². The lowest BCUT2D eigenvalue weighted by molar-refractivity contribution is 0.0952. The van der Waals surface area contributed by atoms with Crippen molar-refractivity contribution < 1.29 is 4.79 Å². The predicted molar refractivity (Wildman–Crippen MR) is 99.6 cm³/mol. The molecule has 2 heterocycles. The van der Waals surface area contributed by atoms with Crippen molar-refractivity contribution >= 4 is 23.3 Å². The Kier molecular flexibility index (Phi) is 5.20. The van der Waals surface area contributed by atoms with E-state index < -0.39 is 0 Å². The summed E-state index contributed by atoms with van der Waals surface area (Å²) in [4.78, 5) is 16.5. The maximum absolute atomic E-state index is 12.2. The molecule has 0 saturated carbocycles. The molecule has 24 heavy (non-hydrogen) atoms. The Morgan fingerprint density at radius 3 is 2.75 bits per heavy atom. The lowest BCUT2D eigenvalue weighted by Crippen LogP contribution is -2.26. The molecule has 5 heteroatoms. The molecule has 0 bridgehead atoms. The second-order valence-corrected chi connectivity index (χ2v) is 6.99. The van der Waals surface area contributed by atoms with Gasteiger partial charge in [-0.15, -0.1) is 0 Å². The van der Waals surface area contributed by atoms with Gasteiger partial charge in [0, 0.05) is 30.4 Å². The summed E-state index contributed by atoms with van der Waals surface area (Å²) in [5, 5.41) is 2.93. The fraction of sp³-hybridized carbons (Fsp3) is 0.263. The van der Waals surface area contributed by atoms with Crippen LogP contribution in [0.3, 0.4) is 0 Å². The molecule has 1 N–H and O–H groups in total. The molecule has 0 aliphatic carbocycles. The number of thioether (sulfide) groups is 1. The quantitative estimate of drug-likeness (QED) is 0.698. The van der Waals surface area contributed by atoms with E-state index in [-0.39, 0.29) is 5.91 Å². The Labute approximate surface area is 146 Å². The molecule has 3 rings (SSSR count). The highest BCUT2D eigenvalue weighted by atomic mass is 32.2. The average molecular weight is 339 g/mol.